The Balaban J connectivity index is 2.66. The largest absolute Gasteiger partial charge is 0.481 e. The van der Waals surface area contributed by atoms with Crippen LogP contribution in [0.2, 0.25) is 0 Å². The summed E-state index contributed by atoms with van der Waals surface area (Å²) in [5, 5.41) is 8.79. The number of amides is 2. The van der Waals surface area contributed by atoms with Gasteiger partial charge in [-0.25, -0.2) is 4.79 Å². The van der Waals surface area contributed by atoms with Crippen molar-refractivity contribution in [1.29, 1.82) is 0 Å². The first-order chi connectivity index (χ1) is 8.10. The summed E-state index contributed by atoms with van der Waals surface area (Å²) < 4.78 is 0. The number of aliphatic carboxylic acids is 1. The molecule has 1 saturated heterocycles. The summed E-state index contributed by atoms with van der Waals surface area (Å²) in [7, 11) is 0. The molecule has 1 aliphatic heterocycles. The number of carbonyl (C=O) groups excluding carboxylic acids is 1. The van der Waals surface area contributed by atoms with Gasteiger partial charge in [-0.3, -0.25) is 4.79 Å². The highest BCUT2D eigenvalue weighted by atomic mass is 16.4. The summed E-state index contributed by atoms with van der Waals surface area (Å²) in [6, 6.07) is -0.332. The van der Waals surface area contributed by atoms with E-state index in [-0.39, 0.29) is 25.0 Å². The summed E-state index contributed by atoms with van der Waals surface area (Å²) in [5.74, 6) is 1.57. The van der Waals surface area contributed by atoms with Crippen LogP contribution in [0.5, 0.6) is 0 Å². The summed E-state index contributed by atoms with van der Waals surface area (Å²) >= 11 is 0. The first-order valence-electron chi connectivity index (χ1n) is 5.81. The Morgan fingerprint density at radius 1 is 1.59 bits per heavy atom. The van der Waals surface area contributed by atoms with Gasteiger partial charge in [0.15, 0.2) is 0 Å². The van der Waals surface area contributed by atoms with Crippen molar-refractivity contribution in [3.8, 4) is 12.3 Å². The maximum absolute atomic E-state index is 12.1. The number of carbonyl (C=O) groups is 2. The number of urea groups is 1. The third-order valence-electron chi connectivity index (χ3n) is 2.97. The Morgan fingerprint density at radius 3 is 2.82 bits per heavy atom. The van der Waals surface area contributed by atoms with Crippen LogP contribution in [0.1, 0.15) is 26.2 Å². The molecule has 1 aliphatic rings. The van der Waals surface area contributed by atoms with Crippen molar-refractivity contribution in [2.45, 2.75) is 32.2 Å². The summed E-state index contributed by atoms with van der Waals surface area (Å²) in [5.41, 5.74) is 0. The van der Waals surface area contributed by atoms with Gasteiger partial charge in [-0.05, 0) is 19.8 Å². The Labute approximate surface area is 101 Å². The number of likely N-dealkylation sites (tertiary alicyclic amines) is 1. The van der Waals surface area contributed by atoms with Gasteiger partial charge in [0.25, 0.3) is 0 Å². The third-order valence-corrected chi connectivity index (χ3v) is 2.97. The van der Waals surface area contributed by atoms with Crippen LogP contribution >= 0.6 is 0 Å². The molecule has 0 radical (unpaired) electrons. The molecular formula is C12H18N2O3. The smallest absolute Gasteiger partial charge is 0.321 e. The van der Waals surface area contributed by atoms with E-state index >= 15 is 0 Å². The SMILES string of the molecule is C#CCN(CC)C(=O)N1CCCC1CC(=O)O. The van der Waals surface area contributed by atoms with Crippen LogP contribution in [0, 0.1) is 12.3 Å². The predicted molar refractivity (Wildman–Crippen MR) is 63.5 cm³/mol. The molecule has 0 saturated carbocycles. The van der Waals surface area contributed by atoms with Crippen LogP contribution in [-0.4, -0.2) is 52.6 Å². The highest BCUT2D eigenvalue weighted by Crippen LogP contribution is 2.21. The molecule has 1 N–H and O–H groups in total. The lowest BCUT2D eigenvalue weighted by atomic mass is 10.1. The van der Waals surface area contributed by atoms with Gasteiger partial charge in [-0.15, -0.1) is 6.42 Å². The third kappa shape index (κ3) is 3.38. The second-order valence-corrected chi connectivity index (χ2v) is 4.09. The van der Waals surface area contributed by atoms with Crippen molar-refractivity contribution in [3.63, 3.8) is 0 Å². The molecule has 2 amide bonds. The average Bonchev–Trinajstić information content (AvgIpc) is 2.72. The number of rotatable bonds is 4. The Kier molecular flexibility index (Phi) is 4.83. The normalized spacial score (nSPS) is 18.8. The van der Waals surface area contributed by atoms with E-state index in [0.717, 1.165) is 12.8 Å². The Bertz CT molecular complexity index is 335. The lowest BCUT2D eigenvalue weighted by molar-refractivity contribution is -0.138. The zero-order chi connectivity index (χ0) is 12.8. The molecule has 0 aromatic heterocycles. The van der Waals surface area contributed by atoms with Gasteiger partial charge < -0.3 is 14.9 Å². The van der Waals surface area contributed by atoms with Crippen molar-refractivity contribution in [1.82, 2.24) is 9.80 Å². The molecule has 0 aliphatic carbocycles. The number of terminal acetylenes is 1. The van der Waals surface area contributed by atoms with Gasteiger partial charge in [-0.2, -0.15) is 0 Å². The molecule has 1 fully saturated rings. The van der Waals surface area contributed by atoms with E-state index in [1.807, 2.05) is 6.92 Å². The van der Waals surface area contributed by atoms with Gasteiger partial charge in [0.2, 0.25) is 0 Å². The molecule has 1 heterocycles. The van der Waals surface area contributed by atoms with Gasteiger partial charge in [-0.1, -0.05) is 5.92 Å². The van der Waals surface area contributed by atoms with Gasteiger partial charge >= 0.3 is 12.0 Å². The van der Waals surface area contributed by atoms with Crippen LogP contribution in [0.4, 0.5) is 4.79 Å². The van der Waals surface area contributed by atoms with E-state index < -0.39 is 5.97 Å². The topological polar surface area (TPSA) is 60.9 Å². The summed E-state index contributed by atoms with van der Waals surface area (Å²) in [6.45, 7) is 3.29. The van der Waals surface area contributed by atoms with Crippen LogP contribution in [0.15, 0.2) is 0 Å². The van der Waals surface area contributed by atoms with E-state index in [4.69, 9.17) is 11.5 Å². The number of nitrogens with zero attached hydrogens (tertiary/aromatic N) is 2. The van der Waals surface area contributed by atoms with Crippen molar-refractivity contribution >= 4 is 12.0 Å². The van der Waals surface area contributed by atoms with Gasteiger partial charge in [0.1, 0.15) is 0 Å². The van der Waals surface area contributed by atoms with Crippen LogP contribution in [-0.2, 0) is 4.79 Å². The molecule has 17 heavy (non-hydrogen) atoms. The minimum absolute atomic E-state index is 0.0132. The quantitative estimate of drug-likeness (QED) is 0.743. The summed E-state index contributed by atoms with van der Waals surface area (Å²) in [4.78, 5) is 26.0. The van der Waals surface area contributed by atoms with Gasteiger partial charge in [0.05, 0.1) is 13.0 Å². The molecule has 1 unspecified atom stereocenters. The van der Waals surface area contributed by atoms with Crippen LogP contribution < -0.4 is 0 Å². The minimum atomic E-state index is -0.866. The molecule has 1 atom stereocenters. The van der Waals surface area contributed by atoms with E-state index in [9.17, 15) is 9.59 Å². The van der Waals surface area contributed by atoms with Crippen molar-refractivity contribution in [3.05, 3.63) is 0 Å². The van der Waals surface area contributed by atoms with E-state index in [2.05, 4.69) is 5.92 Å². The molecule has 94 valence electrons. The second kappa shape index (κ2) is 6.14. The van der Waals surface area contributed by atoms with Crippen molar-refractivity contribution < 1.29 is 14.7 Å². The molecule has 0 spiro atoms. The lowest BCUT2D eigenvalue weighted by Crippen LogP contribution is -2.46. The highest BCUT2D eigenvalue weighted by molar-refractivity contribution is 5.76. The second-order valence-electron chi connectivity index (χ2n) is 4.09. The number of carboxylic acid groups (broad SMARTS) is 1. The predicted octanol–water partition coefficient (Wildman–Crippen LogP) is 1.00. The zero-order valence-corrected chi connectivity index (χ0v) is 10.1. The first kappa shape index (κ1) is 13.4. The van der Waals surface area contributed by atoms with E-state index in [1.54, 1.807) is 9.80 Å². The fourth-order valence-electron chi connectivity index (χ4n) is 2.11. The molecule has 0 aromatic rings. The number of hydrogen-bond acceptors (Lipinski definition) is 2. The maximum atomic E-state index is 12.1. The molecule has 0 aromatic carbocycles. The van der Waals surface area contributed by atoms with Crippen molar-refractivity contribution in [2.24, 2.45) is 0 Å². The fraction of sp³-hybridized carbons (Fsp3) is 0.667. The molecule has 5 nitrogen and oxygen atoms in total. The molecule has 1 rings (SSSR count). The van der Waals surface area contributed by atoms with Crippen molar-refractivity contribution in [2.75, 3.05) is 19.6 Å². The average molecular weight is 238 g/mol. The monoisotopic (exact) mass is 238 g/mol. The fourth-order valence-corrected chi connectivity index (χ4v) is 2.11. The zero-order valence-electron chi connectivity index (χ0n) is 10.1. The first-order valence-corrected chi connectivity index (χ1v) is 5.81. The standard InChI is InChI=1S/C12H18N2O3/c1-3-7-13(4-2)12(17)14-8-5-6-10(14)9-11(15)16/h1,10H,4-9H2,2H3,(H,15,16). The molecule has 0 bridgehead atoms. The van der Waals surface area contributed by atoms with Crippen LogP contribution in [0.25, 0.3) is 0 Å². The number of hydrogen-bond donors (Lipinski definition) is 1. The molecular weight excluding hydrogens is 220 g/mol. The number of carboxylic acids is 1. The highest BCUT2D eigenvalue weighted by Gasteiger charge is 2.32. The summed E-state index contributed by atoms with van der Waals surface area (Å²) in [6.07, 6.45) is 6.83. The van der Waals surface area contributed by atoms with E-state index in [1.165, 1.54) is 0 Å². The van der Waals surface area contributed by atoms with E-state index in [0.29, 0.717) is 13.1 Å². The maximum Gasteiger partial charge on any atom is 0.321 e. The lowest BCUT2D eigenvalue weighted by Gasteiger charge is -2.29. The Morgan fingerprint density at radius 2 is 2.29 bits per heavy atom. The minimum Gasteiger partial charge on any atom is -0.481 e. The van der Waals surface area contributed by atoms with Gasteiger partial charge in [0, 0.05) is 19.1 Å². The Hall–Kier alpha value is -1.70. The molecule has 5 heteroatoms. The van der Waals surface area contributed by atoms with Crippen LogP contribution in [0.3, 0.4) is 0 Å².